The molecule has 0 aromatic heterocycles. The van der Waals surface area contributed by atoms with Crippen molar-refractivity contribution in [2.75, 3.05) is 27.4 Å². The van der Waals surface area contributed by atoms with Crippen molar-refractivity contribution in [1.82, 2.24) is 5.32 Å². The highest BCUT2D eigenvalue weighted by atomic mass is 35.5. The maximum absolute atomic E-state index is 5.44. The summed E-state index contributed by atoms with van der Waals surface area (Å²) in [6.45, 7) is 2.34. The van der Waals surface area contributed by atoms with Gasteiger partial charge in [0, 0.05) is 25.8 Å². The Morgan fingerprint density at radius 2 is 1.84 bits per heavy atom. The lowest BCUT2D eigenvalue weighted by molar-refractivity contribution is -0.00000428. The van der Waals surface area contributed by atoms with Crippen molar-refractivity contribution in [3.8, 4) is 5.75 Å². The van der Waals surface area contributed by atoms with E-state index in [0.29, 0.717) is 6.61 Å². The molecule has 0 atom stereocenters. The van der Waals surface area contributed by atoms with Crippen molar-refractivity contribution < 1.29 is 21.9 Å². The zero-order valence-electron chi connectivity index (χ0n) is 11.3. The van der Waals surface area contributed by atoms with E-state index in [4.69, 9.17) is 9.47 Å². The molecule has 2 rings (SSSR count). The van der Waals surface area contributed by atoms with Crippen molar-refractivity contribution in [3.05, 3.63) is 42.0 Å². The third kappa shape index (κ3) is 3.83. The molecule has 2 aromatic rings. The number of hydrogen-bond acceptors (Lipinski definition) is 3. The zero-order valence-corrected chi connectivity index (χ0v) is 12.0. The molecule has 3 nitrogen and oxygen atoms in total. The number of hydrogen-bond donors (Lipinski definition) is 1. The summed E-state index contributed by atoms with van der Waals surface area (Å²) >= 11 is 0. The topological polar surface area (TPSA) is 30.5 Å². The Morgan fingerprint density at radius 1 is 1.05 bits per heavy atom. The molecule has 0 radical (unpaired) electrons. The van der Waals surface area contributed by atoms with Gasteiger partial charge in [-0.05, 0) is 16.8 Å². The monoisotopic (exact) mass is 280 g/mol. The summed E-state index contributed by atoms with van der Waals surface area (Å²) < 4.78 is 10.5. The van der Waals surface area contributed by atoms with E-state index >= 15 is 0 Å². The Kier molecular flexibility index (Phi) is 6.64. The molecule has 0 fully saturated rings. The molecule has 0 amide bonds. The summed E-state index contributed by atoms with van der Waals surface area (Å²) in [7, 11) is 3.42. The zero-order chi connectivity index (χ0) is 12.8. The molecular formula is C15H19ClNO2-. The predicted octanol–water partition coefficient (Wildman–Crippen LogP) is -0.412. The second-order valence-electron chi connectivity index (χ2n) is 4.14. The van der Waals surface area contributed by atoms with Gasteiger partial charge in [0.15, 0.2) is 0 Å². The van der Waals surface area contributed by atoms with E-state index in [2.05, 4.69) is 35.6 Å². The fraction of sp³-hybridized carbons (Fsp3) is 0.333. The summed E-state index contributed by atoms with van der Waals surface area (Å²) in [5.74, 6) is 0.929. The average molecular weight is 281 g/mol. The summed E-state index contributed by atoms with van der Waals surface area (Å²) in [6.07, 6.45) is 0. The normalized spacial score (nSPS) is 10.2. The van der Waals surface area contributed by atoms with Crippen LogP contribution in [0, 0.1) is 0 Å². The van der Waals surface area contributed by atoms with E-state index in [1.807, 2.05) is 6.07 Å². The largest absolute Gasteiger partial charge is 1.00 e. The number of benzene rings is 2. The molecule has 19 heavy (non-hydrogen) atoms. The first-order valence-corrected chi connectivity index (χ1v) is 6.11. The minimum atomic E-state index is 0. The van der Waals surface area contributed by atoms with Gasteiger partial charge in [-0.1, -0.05) is 30.3 Å². The van der Waals surface area contributed by atoms with E-state index in [0.717, 1.165) is 18.8 Å². The Balaban J connectivity index is 0.00000180. The highest BCUT2D eigenvalue weighted by Crippen LogP contribution is 2.27. The molecule has 0 aliphatic carbocycles. The van der Waals surface area contributed by atoms with Gasteiger partial charge in [-0.2, -0.15) is 0 Å². The molecule has 0 spiro atoms. The lowest BCUT2D eigenvalue weighted by Crippen LogP contribution is -3.00. The van der Waals surface area contributed by atoms with Gasteiger partial charge in [0.2, 0.25) is 0 Å². The highest BCUT2D eigenvalue weighted by Gasteiger charge is 2.07. The first-order chi connectivity index (χ1) is 8.86. The molecule has 0 aliphatic heterocycles. The molecule has 0 unspecified atom stereocenters. The van der Waals surface area contributed by atoms with Crippen molar-refractivity contribution in [2.45, 2.75) is 6.54 Å². The summed E-state index contributed by atoms with van der Waals surface area (Å²) in [4.78, 5) is 0. The lowest BCUT2D eigenvalue weighted by atomic mass is 10.0. The van der Waals surface area contributed by atoms with Crippen LogP contribution < -0.4 is 22.5 Å². The smallest absolute Gasteiger partial charge is 0.123 e. The molecule has 2 aromatic carbocycles. The first kappa shape index (κ1) is 15.8. The van der Waals surface area contributed by atoms with Crippen LogP contribution in [-0.2, 0) is 11.3 Å². The Bertz CT molecular complexity index is 516. The van der Waals surface area contributed by atoms with Crippen LogP contribution in [0.15, 0.2) is 36.4 Å². The maximum atomic E-state index is 5.44. The fourth-order valence-electron chi connectivity index (χ4n) is 2.08. The van der Waals surface area contributed by atoms with Crippen LogP contribution in [0.5, 0.6) is 5.75 Å². The van der Waals surface area contributed by atoms with Gasteiger partial charge in [0.1, 0.15) is 5.75 Å². The summed E-state index contributed by atoms with van der Waals surface area (Å²) in [6, 6.07) is 12.5. The predicted molar refractivity (Wildman–Crippen MR) is 74.1 cm³/mol. The molecule has 104 valence electrons. The van der Waals surface area contributed by atoms with Gasteiger partial charge >= 0.3 is 0 Å². The molecule has 0 saturated heterocycles. The molecule has 0 heterocycles. The lowest BCUT2D eigenvalue weighted by Gasteiger charge is -2.12. The van der Waals surface area contributed by atoms with Gasteiger partial charge in [-0.3, -0.25) is 0 Å². The van der Waals surface area contributed by atoms with Crippen molar-refractivity contribution >= 4 is 10.8 Å². The summed E-state index contributed by atoms with van der Waals surface area (Å²) in [5, 5.41) is 5.84. The molecule has 1 N–H and O–H groups in total. The van der Waals surface area contributed by atoms with Crippen molar-refractivity contribution in [2.24, 2.45) is 0 Å². The average Bonchev–Trinajstić information content (AvgIpc) is 2.43. The van der Waals surface area contributed by atoms with Crippen LogP contribution in [0.25, 0.3) is 10.8 Å². The second kappa shape index (κ2) is 8.00. The second-order valence-corrected chi connectivity index (χ2v) is 4.14. The maximum Gasteiger partial charge on any atom is 0.123 e. The van der Waals surface area contributed by atoms with Crippen LogP contribution in [0.3, 0.4) is 0 Å². The van der Waals surface area contributed by atoms with E-state index in [1.165, 1.54) is 16.3 Å². The highest BCUT2D eigenvalue weighted by molar-refractivity contribution is 5.87. The number of nitrogens with one attached hydrogen (secondary N) is 1. The van der Waals surface area contributed by atoms with Gasteiger partial charge < -0.3 is 27.2 Å². The Hall–Kier alpha value is -1.29. The molecule has 4 heteroatoms. The Morgan fingerprint density at radius 3 is 2.58 bits per heavy atom. The molecule has 0 aliphatic rings. The van der Waals surface area contributed by atoms with Gasteiger partial charge in [0.25, 0.3) is 0 Å². The third-order valence-corrected chi connectivity index (χ3v) is 3.00. The standard InChI is InChI=1S/C15H19NO2.ClH/c1-17-10-9-16-11-14-13-6-4-3-5-12(13)7-8-15(14)18-2;/h3-8,16H,9-11H2,1-2H3;1H/p-1. The minimum Gasteiger partial charge on any atom is -1.00 e. The van der Waals surface area contributed by atoms with Gasteiger partial charge in [-0.15, -0.1) is 0 Å². The van der Waals surface area contributed by atoms with E-state index < -0.39 is 0 Å². The first-order valence-electron chi connectivity index (χ1n) is 6.11. The van der Waals surface area contributed by atoms with Gasteiger partial charge in [0.05, 0.1) is 13.7 Å². The van der Waals surface area contributed by atoms with E-state index in [-0.39, 0.29) is 12.4 Å². The number of methoxy groups -OCH3 is 2. The van der Waals surface area contributed by atoms with Crippen LogP contribution in [0.1, 0.15) is 5.56 Å². The van der Waals surface area contributed by atoms with Crippen LogP contribution in [0.4, 0.5) is 0 Å². The quantitative estimate of drug-likeness (QED) is 0.730. The fourth-order valence-corrected chi connectivity index (χ4v) is 2.08. The van der Waals surface area contributed by atoms with Crippen LogP contribution in [0.2, 0.25) is 0 Å². The van der Waals surface area contributed by atoms with Crippen LogP contribution >= 0.6 is 0 Å². The molecular weight excluding hydrogens is 262 g/mol. The number of fused-ring (bicyclic) bond motifs is 1. The van der Waals surface area contributed by atoms with Crippen molar-refractivity contribution in [3.63, 3.8) is 0 Å². The number of rotatable bonds is 6. The van der Waals surface area contributed by atoms with Crippen molar-refractivity contribution in [1.29, 1.82) is 0 Å². The van der Waals surface area contributed by atoms with Gasteiger partial charge in [-0.25, -0.2) is 0 Å². The molecule has 0 saturated carbocycles. The number of halogens is 1. The summed E-state index contributed by atoms with van der Waals surface area (Å²) in [5.41, 5.74) is 1.20. The molecule has 0 bridgehead atoms. The SMILES string of the molecule is COCCNCc1c(OC)ccc2ccccc12.[Cl-]. The third-order valence-electron chi connectivity index (χ3n) is 3.00. The van der Waals surface area contributed by atoms with E-state index in [9.17, 15) is 0 Å². The minimum absolute atomic E-state index is 0. The van der Waals surface area contributed by atoms with Crippen LogP contribution in [-0.4, -0.2) is 27.4 Å². The Labute approximate surface area is 120 Å². The number of ether oxygens (including phenoxy) is 2. The van der Waals surface area contributed by atoms with E-state index in [1.54, 1.807) is 14.2 Å².